The number of aliphatic hydroxyl groups is 1. The second-order valence-electron chi connectivity index (χ2n) is 5.11. The molecule has 0 aliphatic heterocycles. The van der Waals surface area contributed by atoms with Gasteiger partial charge in [-0.3, -0.25) is 4.68 Å². The van der Waals surface area contributed by atoms with Crippen LogP contribution >= 0.6 is 0 Å². The number of benzene rings is 1. The zero-order valence-corrected chi connectivity index (χ0v) is 11.9. The van der Waals surface area contributed by atoms with E-state index < -0.39 is 11.4 Å². The molecule has 1 atom stereocenters. The summed E-state index contributed by atoms with van der Waals surface area (Å²) in [6.07, 6.45) is 4.62. The maximum Gasteiger partial charge on any atom is 0.133 e. The topological polar surface area (TPSA) is 47.3 Å². The van der Waals surface area contributed by atoms with Gasteiger partial charge in [0.1, 0.15) is 11.6 Å². The molecule has 2 aromatic rings. The lowest BCUT2D eigenvalue weighted by atomic mass is 9.89. The largest absolute Gasteiger partial charge is 0.496 e. The van der Waals surface area contributed by atoms with E-state index in [0.29, 0.717) is 18.6 Å². The molecule has 0 bridgehead atoms. The molecule has 0 saturated carbocycles. The quantitative estimate of drug-likeness (QED) is 0.913. The van der Waals surface area contributed by atoms with Crippen LogP contribution in [0, 0.1) is 5.82 Å². The van der Waals surface area contributed by atoms with Crippen molar-refractivity contribution in [2.45, 2.75) is 25.4 Å². The van der Waals surface area contributed by atoms with Crippen LogP contribution in [-0.4, -0.2) is 22.0 Å². The summed E-state index contributed by atoms with van der Waals surface area (Å²) in [6.45, 7) is 1.60. The maximum atomic E-state index is 14.0. The third kappa shape index (κ3) is 2.99. The van der Waals surface area contributed by atoms with Gasteiger partial charge in [0.2, 0.25) is 0 Å². The van der Waals surface area contributed by atoms with Crippen molar-refractivity contribution in [2.24, 2.45) is 7.05 Å². The molecule has 0 radical (unpaired) electrons. The second-order valence-corrected chi connectivity index (χ2v) is 5.11. The zero-order chi connectivity index (χ0) is 14.8. The van der Waals surface area contributed by atoms with Crippen LogP contribution < -0.4 is 4.74 Å². The van der Waals surface area contributed by atoms with Gasteiger partial charge in [-0.05, 0) is 37.5 Å². The highest BCUT2D eigenvalue weighted by Gasteiger charge is 2.30. The summed E-state index contributed by atoms with van der Waals surface area (Å²) in [5, 5.41) is 14.7. The highest BCUT2D eigenvalue weighted by molar-refractivity contribution is 5.39. The lowest BCUT2D eigenvalue weighted by molar-refractivity contribution is 0.0417. The van der Waals surface area contributed by atoms with Crippen LogP contribution in [0.15, 0.2) is 30.6 Å². The van der Waals surface area contributed by atoms with Gasteiger partial charge in [0.25, 0.3) is 0 Å². The number of halogens is 1. The van der Waals surface area contributed by atoms with E-state index in [9.17, 15) is 9.50 Å². The molecule has 20 heavy (non-hydrogen) atoms. The van der Waals surface area contributed by atoms with Crippen LogP contribution in [-0.2, 0) is 19.1 Å². The molecule has 0 aliphatic carbocycles. The minimum absolute atomic E-state index is 0.200. The van der Waals surface area contributed by atoms with Gasteiger partial charge in [-0.1, -0.05) is 6.07 Å². The van der Waals surface area contributed by atoms with Gasteiger partial charge >= 0.3 is 0 Å². The average Bonchev–Trinajstić information content (AvgIpc) is 2.82. The highest BCUT2D eigenvalue weighted by atomic mass is 19.1. The number of hydrogen-bond acceptors (Lipinski definition) is 3. The van der Waals surface area contributed by atoms with Crippen LogP contribution in [0.1, 0.15) is 24.5 Å². The number of aromatic nitrogens is 2. The monoisotopic (exact) mass is 278 g/mol. The summed E-state index contributed by atoms with van der Waals surface area (Å²) < 4.78 is 20.9. The van der Waals surface area contributed by atoms with Gasteiger partial charge in [0.05, 0.1) is 24.5 Å². The summed E-state index contributed by atoms with van der Waals surface area (Å²) in [7, 11) is 3.30. The van der Waals surface area contributed by atoms with Gasteiger partial charge in [0, 0.05) is 13.2 Å². The second kappa shape index (κ2) is 5.63. The number of nitrogens with zero attached hydrogens (tertiary/aromatic N) is 2. The number of methoxy groups -OCH3 is 1. The molecule has 0 amide bonds. The van der Waals surface area contributed by atoms with Crippen molar-refractivity contribution in [2.75, 3.05) is 7.11 Å². The summed E-state index contributed by atoms with van der Waals surface area (Å²) in [6, 6.07) is 4.54. The predicted octanol–water partition coefficient (Wildman–Crippen LogP) is 2.41. The molecule has 1 unspecified atom stereocenters. The minimum atomic E-state index is -1.30. The average molecular weight is 278 g/mol. The lowest BCUT2D eigenvalue weighted by Crippen LogP contribution is -2.24. The normalized spacial score (nSPS) is 14.1. The molecule has 1 N–H and O–H groups in total. The third-order valence-electron chi connectivity index (χ3n) is 3.39. The number of hydrogen-bond donors (Lipinski definition) is 1. The first kappa shape index (κ1) is 14.5. The first-order valence-corrected chi connectivity index (χ1v) is 6.47. The van der Waals surface area contributed by atoms with E-state index in [1.165, 1.54) is 13.2 Å². The van der Waals surface area contributed by atoms with Crippen molar-refractivity contribution < 1.29 is 14.2 Å². The summed E-state index contributed by atoms with van der Waals surface area (Å²) in [5.74, 6) is -0.0956. The fraction of sp³-hybridized carbons (Fsp3) is 0.400. The Balaban J connectivity index is 2.21. The van der Waals surface area contributed by atoms with Crippen molar-refractivity contribution in [3.05, 3.63) is 47.5 Å². The Morgan fingerprint density at radius 3 is 2.80 bits per heavy atom. The lowest BCUT2D eigenvalue weighted by Gasteiger charge is -2.26. The van der Waals surface area contributed by atoms with Crippen molar-refractivity contribution in [1.82, 2.24) is 9.78 Å². The minimum Gasteiger partial charge on any atom is -0.496 e. The Kier molecular flexibility index (Phi) is 4.09. The fourth-order valence-corrected chi connectivity index (χ4v) is 2.31. The first-order valence-electron chi connectivity index (χ1n) is 6.47. The Bertz CT molecular complexity index is 593. The molecule has 0 fully saturated rings. The number of ether oxygens (including phenoxy) is 1. The molecule has 2 rings (SSSR count). The van der Waals surface area contributed by atoms with Crippen molar-refractivity contribution in [1.29, 1.82) is 0 Å². The van der Waals surface area contributed by atoms with Gasteiger partial charge in [-0.25, -0.2) is 4.39 Å². The molecular formula is C15H19FN2O2. The van der Waals surface area contributed by atoms with Crippen molar-refractivity contribution in [3.63, 3.8) is 0 Å². The van der Waals surface area contributed by atoms with Crippen LogP contribution in [0.25, 0.3) is 0 Å². The Morgan fingerprint density at radius 2 is 2.20 bits per heavy atom. The molecule has 5 heteroatoms. The maximum absolute atomic E-state index is 14.0. The van der Waals surface area contributed by atoms with Gasteiger partial charge < -0.3 is 9.84 Å². The molecule has 4 nitrogen and oxygen atoms in total. The highest BCUT2D eigenvalue weighted by Crippen LogP contribution is 2.35. The molecule has 108 valence electrons. The summed E-state index contributed by atoms with van der Waals surface area (Å²) in [5.41, 5.74) is -0.0959. The molecular weight excluding hydrogens is 259 g/mol. The fourth-order valence-electron chi connectivity index (χ4n) is 2.31. The summed E-state index contributed by atoms with van der Waals surface area (Å²) >= 11 is 0. The first-order chi connectivity index (χ1) is 9.44. The van der Waals surface area contributed by atoms with E-state index in [0.717, 1.165) is 5.56 Å². The summed E-state index contributed by atoms with van der Waals surface area (Å²) in [4.78, 5) is 0. The van der Waals surface area contributed by atoms with E-state index in [4.69, 9.17) is 4.74 Å². The molecule has 0 saturated heterocycles. The van der Waals surface area contributed by atoms with Gasteiger partial charge in [-0.2, -0.15) is 5.10 Å². The zero-order valence-electron chi connectivity index (χ0n) is 11.9. The Morgan fingerprint density at radius 1 is 1.45 bits per heavy atom. The molecule has 0 spiro atoms. The SMILES string of the molecule is COc1cccc(F)c1C(C)(O)CCc1cnn(C)c1. The standard InChI is InChI=1S/C15H19FN2O2/c1-15(19,8-7-11-9-17-18(2)10-11)14-12(16)5-4-6-13(14)20-3/h4-6,9-10,19H,7-8H2,1-3H3. The van der Waals surface area contributed by atoms with Crippen molar-refractivity contribution in [3.8, 4) is 5.75 Å². The molecule has 0 aliphatic rings. The molecule has 1 aromatic heterocycles. The number of rotatable bonds is 5. The van der Waals surface area contributed by atoms with E-state index in [1.807, 2.05) is 13.2 Å². The molecule has 1 aromatic carbocycles. The van der Waals surface area contributed by atoms with Crippen LogP contribution in [0.3, 0.4) is 0 Å². The van der Waals surface area contributed by atoms with Crippen LogP contribution in [0.4, 0.5) is 4.39 Å². The number of aryl methyl sites for hydroxylation is 2. The van der Waals surface area contributed by atoms with E-state index >= 15 is 0 Å². The van der Waals surface area contributed by atoms with Gasteiger partial charge in [0.15, 0.2) is 0 Å². The Labute approximate surface area is 117 Å². The van der Waals surface area contributed by atoms with Gasteiger partial charge in [-0.15, -0.1) is 0 Å². The van der Waals surface area contributed by atoms with E-state index in [1.54, 1.807) is 29.9 Å². The smallest absolute Gasteiger partial charge is 0.133 e. The van der Waals surface area contributed by atoms with Crippen molar-refractivity contribution >= 4 is 0 Å². The molecule has 1 heterocycles. The Hall–Kier alpha value is -1.88. The van der Waals surface area contributed by atoms with E-state index in [-0.39, 0.29) is 5.56 Å². The van der Waals surface area contributed by atoms with E-state index in [2.05, 4.69) is 5.10 Å². The van der Waals surface area contributed by atoms with Crippen LogP contribution in [0.5, 0.6) is 5.75 Å². The third-order valence-corrected chi connectivity index (χ3v) is 3.39. The van der Waals surface area contributed by atoms with Crippen LogP contribution in [0.2, 0.25) is 0 Å². The predicted molar refractivity (Wildman–Crippen MR) is 74.1 cm³/mol.